The van der Waals surface area contributed by atoms with Gasteiger partial charge in [0.1, 0.15) is 0 Å². The molecule has 17 heavy (non-hydrogen) atoms. The number of nitrogens with zero attached hydrogens (tertiary/aromatic N) is 1. The van der Waals surface area contributed by atoms with E-state index < -0.39 is 0 Å². The van der Waals surface area contributed by atoms with E-state index in [-0.39, 0.29) is 0 Å². The summed E-state index contributed by atoms with van der Waals surface area (Å²) in [5.41, 5.74) is 1.86. The van der Waals surface area contributed by atoms with Gasteiger partial charge in [-0.15, -0.1) is 11.3 Å². The lowest BCUT2D eigenvalue weighted by Crippen LogP contribution is -2.18. The highest BCUT2D eigenvalue weighted by Crippen LogP contribution is 2.11. The molecule has 4 nitrogen and oxygen atoms in total. The Hall–Kier alpha value is -0.490. The highest BCUT2D eigenvalue weighted by molar-refractivity contribution is 7.09. The fourth-order valence-electron chi connectivity index (χ4n) is 1.83. The van der Waals surface area contributed by atoms with Crippen LogP contribution in [-0.2, 0) is 16.0 Å². The van der Waals surface area contributed by atoms with Gasteiger partial charge in [-0.2, -0.15) is 0 Å². The summed E-state index contributed by atoms with van der Waals surface area (Å²) in [6.45, 7) is 4.38. The molecule has 0 spiro atoms. The molecule has 1 atom stereocenters. The van der Waals surface area contributed by atoms with Gasteiger partial charge in [-0.05, 0) is 25.8 Å². The van der Waals surface area contributed by atoms with Crippen molar-refractivity contribution in [2.24, 2.45) is 0 Å². The van der Waals surface area contributed by atoms with Crippen LogP contribution in [-0.4, -0.2) is 37.5 Å². The van der Waals surface area contributed by atoms with Gasteiger partial charge in [0.2, 0.25) is 0 Å². The molecule has 1 aliphatic heterocycles. The molecule has 5 heteroatoms. The van der Waals surface area contributed by atoms with Gasteiger partial charge in [0.15, 0.2) is 0 Å². The van der Waals surface area contributed by atoms with Crippen LogP contribution in [0.4, 0.5) is 0 Å². The fourth-order valence-corrected chi connectivity index (χ4v) is 2.40. The first-order chi connectivity index (χ1) is 8.45. The molecule has 0 saturated carbocycles. The van der Waals surface area contributed by atoms with Crippen LogP contribution in [0.25, 0.3) is 0 Å². The van der Waals surface area contributed by atoms with Gasteiger partial charge >= 0.3 is 0 Å². The Labute approximate surface area is 106 Å². The number of thiazole rings is 1. The summed E-state index contributed by atoms with van der Waals surface area (Å²) in [4.78, 5) is 5.32. The van der Waals surface area contributed by atoms with E-state index in [0.29, 0.717) is 6.10 Å². The van der Waals surface area contributed by atoms with Crippen molar-refractivity contribution < 1.29 is 9.47 Å². The average molecular weight is 256 g/mol. The summed E-state index contributed by atoms with van der Waals surface area (Å²) in [7, 11) is 0. The third-order valence-electron chi connectivity index (χ3n) is 2.75. The molecule has 96 valence electrons. The normalized spacial score (nSPS) is 19.9. The molecule has 1 aromatic heterocycles. The van der Waals surface area contributed by atoms with Crippen molar-refractivity contribution in [3.05, 3.63) is 16.6 Å². The zero-order chi connectivity index (χ0) is 11.8. The third-order valence-corrected chi connectivity index (χ3v) is 3.53. The smallest absolute Gasteiger partial charge is 0.0809 e. The Kier molecular flexibility index (Phi) is 5.92. The molecule has 2 rings (SSSR count). The Balaban J connectivity index is 1.39. The van der Waals surface area contributed by atoms with Crippen molar-refractivity contribution >= 4 is 11.3 Å². The zero-order valence-electron chi connectivity index (χ0n) is 10.1. The summed E-state index contributed by atoms with van der Waals surface area (Å²) in [5, 5.41) is 3.38. The second kappa shape index (κ2) is 7.76. The monoisotopic (exact) mass is 256 g/mol. The van der Waals surface area contributed by atoms with Crippen LogP contribution >= 0.6 is 11.3 Å². The third kappa shape index (κ3) is 5.12. The van der Waals surface area contributed by atoms with Crippen LogP contribution in [0.15, 0.2) is 11.7 Å². The highest BCUT2D eigenvalue weighted by Gasteiger charge is 2.14. The number of hydrogen-bond acceptors (Lipinski definition) is 5. The van der Waals surface area contributed by atoms with Gasteiger partial charge in [0.25, 0.3) is 0 Å². The van der Waals surface area contributed by atoms with Gasteiger partial charge in [-0.25, -0.2) is 0 Å². The quantitative estimate of drug-likeness (QED) is 0.721. The lowest BCUT2D eigenvalue weighted by atomic mass is 10.2. The second-order valence-corrected chi connectivity index (χ2v) is 5.18. The number of rotatable bonds is 8. The van der Waals surface area contributed by atoms with Crippen LogP contribution < -0.4 is 5.32 Å². The molecule has 1 saturated heterocycles. The number of aromatic nitrogens is 1. The van der Waals surface area contributed by atoms with Crippen LogP contribution in [0.1, 0.15) is 24.1 Å². The van der Waals surface area contributed by atoms with Crippen molar-refractivity contribution in [3.8, 4) is 0 Å². The SMILES string of the molecule is c1ncc(CNCCCOCC2CCCO2)s1. The molecular formula is C12H20N2O2S. The molecule has 0 radical (unpaired) electrons. The van der Waals surface area contributed by atoms with Gasteiger partial charge < -0.3 is 14.8 Å². The van der Waals surface area contributed by atoms with Crippen molar-refractivity contribution in [2.45, 2.75) is 31.9 Å². The van der Waals surface area contributed by atoms with E-state index in [9.17, 15) is 0 Å². The standard InChI is InChI=1S/C12H20N2O2S/c1-3-11(16-6-1)9-15-5-2-4-13-7-12-8-14-10-17-12/h8,10-11,13H,1-7,9H2. The molecule has 0 bridgehead atoms. The van der Waals surface area contributed by atoms with Gasteiger partial charge in [-0.3, -0.25) is 4.98 Å². The van der Waals surface area contributed by atoms with Crippen LogP contribution in [0.5, 0.6) is 0 Å². The van der Waals surface area contributed by atoms with E-state index in [0.717, 1.165) is 45.8 Å². The predicted molar refractivity (Wildman–Crippen MR) is 68.2 cm³/mol. The second-order valence-electron chi connectivity index (χ2n) is 4.21. The first kappa shape index (κ1) is 13.0. The Morgan fingerprint density at radius 2 is 2.59 bits per heavy atom. The van der Waals surface area contributed by atoms with Crippen molar-refractivity contribution in [3.63, 3.8) is 0 Å². The molecule has 1 aromatic rings. The highest BCUT2D eigenvalue weighted by atomic mass is 32.1. The minimum atomic E-state index is 0.347. The van der Waals surface area contributed by atoms with Crippen molar-refractivity contribution in [1.29, 1.82) is 0 Å². The van der Waals surface area contributed by atoms with Crippen LogP contribution in [0.3, 0.4) is 0 Å². The number of ether oxygens (including phenoxy) is 2. The number of hydrogen-bond donors (Lipinski definition) is 1. The maximum atomic E-state index is 5.58. The predicted octanol–water partition coefficient (Wildman–Crippen LogP) is 1.82. The summed E-state index contributed by atoms with van der Waals surface area (Å²) < 4.78 is 11.1. The molecule has 0 amide bonds. The summed E-state index contributed by atoms with van der Waals surface area (Å²) in [6, 6.07) is 0. The van der Waals surface area contributed by atoms with Crippen LogP contribution in [0.2, 0.25) is 0 Å². The van der Waals surface area contributed by atoms with E-state index in [1.54, 1.807) is 11.3 Å². The molecule has 0 aromatic carbocycles. The lowest BCUT2D eigenvalue weighted by molar-refractivity contribution is 0.0166. The first-order valence-electron chi connectivity index (χ1n) is 6.22. The Bertz CT molecular complexity index is 287. The first-order valence-corrected chi connectivity index (χ1v) is 7.10. The largest absolute Gasteiger partial charge is 0.379 e. The minimum absolute atomic E-state index is 0.347. The lowest BCUT2D eigenvalue weighted by Gasteiger charge is -2.10. The van der Waals surface area contributed by atoms with Crippen molar-refractivity contribution in [1.82, 2.24) is 10.3 Å². The maximum Gasteiger partial charge on any atom is 0.0809 e. The van der Waals surface area contributed by atoms with E-state index in [1.807, 2.05) is 11.7 Å². The van der Waals surface area contributed by atoms with E-state index in [1.165, 1.54) is 11.3 Å². The molecule has 1 N–H and O–H groups in total. The Morgan fingerprint density at radius 1 is 1.59 bits per heavy atom. The molecule has 1 unspecified atom stereocenters. The number of nitrogens with one attached hydrogen (secondary N) is 1. The van der Waals surface area contributed by atoms with Gasteiger partial charge in [-0.1, -0.05) is 0 Å². The fraction of sp³-hybridized carbons (Fsp3) is 0.750. The minimum Gasteiger partial charge on any atom is -0.379 e. The van der Waals surface area contributed by atoms with E-state index in [4.69, 9.17) is 9.47 Å². The van der Waals surface area contributed by atoms with Gasteiger partial charge in [0.05, 0.1) is 18.2 Å². The van der Waals surface area contributed by atoms with E-state index in [2.05, 4.69) is 10.3 Å². The average Bonchev–Trinajstić information content (AvgIpc) is 3.00. The molecular weight excluding hydrogens is 236 g/mol. The van der Waals surface area contributed by atoms with Crippen molar-refractivity contribution in [2.75, 3.05) is 26.4 Å². The van der Waals surface area contributed by atoms with Crippen LogP contribution in [0, 0.1) is 0 Å². The van der Waals surface area contributed by atoms with Gasteiger partial charge in [0, 0.05) is 30.8 Å². The zero-order valence-corrected chi connectivity index (χ0v) is 10.9. The molecule has 2 heterocycles. The molecule has 1 aliphatic rings. The summed E-state index contributed by atoms with van der Waals surface area (Å²) in [6.07, 6.45) is 5.64. The molecule has 0 aliphatic carbocycles. The summed E-state index contributed by atoms with van der Waals surface area (Å²) >= 11 is 1.69. The maximum absolute atomic E-state index is 5.58. The topological polar surface area (TPSA) is 43.4 Å². The Morgan fingerprint density at radius 3 is 3.35 bits per heavy atom. The molecule has 1 fully saturated rings. The summed E-state index contributed by atoms with van der Waals surface area (Å²) in [5.74, 6) is 0. The van der Waals surface area contributed by atoms with E-state index >= 15 is 0 Å².